The maximum absolute atomic E-state index is 12.0. The van der Waals surface area contributed by atoms with Crippen molar-refractivity contribution in [3.8, 4) is 11.5 Å². The molecule has 0 spiro atoms. The van der Waals surface area contributed by atoms with Crippen LogP contribution in [-0.2, 0) is 4.79 Å². The molecule has 0 aliphatic rings. The van der Waals surface area contributed by atoms with Gasteiger partial charge in [0.1, 0.15) is 11.5 Å². The van der Waals surface area contributed by atoms with E-state index >= 15 is 0 Å². The zero-order valence-electron chi connectivity index (χ0n) is 14.1. The molecule has 0 radical (unpaired) electrons. The van der Waals surface area contributed by atoms with E-state index < -0.39 is 0 Å². The topological polar surface area (TPSA) is 47.6 Å². The Morgan fingerprint density at radius 3 is 2.43 bits per heavy atom. The molecule has 0 saturated carbocycles. The number of rotatable bonds is 6. The number of aryl methyl sites for hydroxylation is 2. The molecule has 0 unspecified atom stereocenters. The van der Waals surface area contributed by atoms with E-state index in [0.29, 0.717) is 0 Å². The van der Waals surface area contributed by atoms with E-state index in [1.165, 1.54) is 0 Å². The monoisotopic (exact) mass is 313 g/mol. The van der Waals surface area contributed by atoms with Gasteiger partial charge in [0.2, 0.25) is 0 Å². The van der Waals surface area contributed by atoms with Crippen molar-refractivity contribution in [2.75, 3.05) is 11.9 Å². The maximum atomic E-state index is 12.0. The largest absolute Gasteiger partial charge is 0.491 e. The molecule has 2 aromatic carbocycles. The number of benzene rings is 2. The van der Waals surface area contributed by atoms with Crippen LogP contribution in [0.4, 0.5) is 5.69 Å². The lowest BCUT2D eigenvalue weighted by molar-refractivity contribution is -0.118. The molecule has 23 heavy (non-hydrogen) atoms. The number of amides is 1. The molecule has 0 fully saturated rings. The molecule has 0 aromatic heterocycles. The minimum Gasteiger partial charge on any atom is -0.491 e. The van der Waals surface area contributed by atoms with E-state index in [1.807, 2.05) is 70.2 Å². The SMILES string of the molecule is Cc1ccc(C)c(OCC(=O)Nc2ccc(OC(C)C)cc2)c1. The van der Waals surface area contributed by atoms with Gasteiger partial charge in [-0.25, -0.2) is 0 Å². The predicted molar refractivity (Wildman–Crippen MR) is 92.2 cm³/mol. The number of carbonyl (C=O) groups is 1. The molecule has 0 bridgehead atoms. The Kier molecular flexibility index (Phi) is 5.63. The molecule has 0 heterocycles. The molecule has 0 aliphatic heterocycles. The van der Waals surface area contributed by atoms with Crippen molar-refractivity contribution in [3.63, 3.8) is 0 Å². The second-order valence-electron chi connectivity index (χ2n) is 5.80. The average Bonchev–Trinajstić information content (AvgIpc) is 2.50. The van der Waals surface area contributed by atoms with Crippen LogP contribution in [0.3, 0.4) is 0 Å². The van der Waals surface area contributed by atoms with Crippen molar-refractivity contribution in [2.24, 2.45) is 0 Å². The molecule has 0 atom stereocenters. The number of nitrogens with one attached hydrogen (secondary N) is 1. The van der Waals surface area contributed by atoms with Crippen LogP contribution >= 0.6 is 0 Å². The summed E-state index contributed by atoms with van der Waals surface area (Å²) in [6.45, 7) is 7.88. The number of carbonyl (C=O) groups excluding carboxylic acids is 1. The van der Waals surface area contributed by atoms with Crippen LogP contribution in [-0.4, -0.2) is 18.6 Å². The summed E-state index contributed by atoms with van der Waals surface area (Å²) in [7, 11) is 0. The van der Waals surface area contributed by atoms with Gasteiger partial charge >= 0.3 is 0 Å². The van der Waals surface area contributed by atoms with E-state index in [4.69, 9.17) is 9.47 Å². The van der Waals surface area contributed by atoms with Gasteiger partial charge in [0.25, 0.3) is 5.91 Å². The first-order chi connectivity index (χ1) is 10.9. The third kappa shape index (κ3) is 5.33. The highest BCUT2D eigenvalue weighted by molar-refractivity contribution is 5.91. The summed E-state index contributed by atoms with van der Waals surface area (Å²) in [6, 6.07) is 13.2. The highest BCUT2D eigenvalue weighted by atomic mass is 16.5. The summed E-state index contributed by atoms with van der Waals surface area (Å²) in [5.41, 5.74) is 2.83. The molecule has 0 aliphatic carbocycles. The fourth-order valence-corrected chi connectivity index (χ4v) is 2.09. The fourth-order valence-electron chi connectivity index (χ4n) is 2.09. The second-order valence-corrected chi connectivity index (χ2v) is 5.80. The molecule has 122 valence electrons. The van der Waals surface area contributed by atoms with E-state index in [-0.39, 0.29) is 18.6 Å². The Balaban J connectivity index is 1.88. The van der Waals surface area contributed by atoms with Gasteiger partial charge in [0, 0.05) is 5.69 Å². The molecule has 4 nitrogen and oxygen atoms in total. The Bertz CT molecular complexity index is 663. The van der Waals surface area contributed by atoms with Gasteiger partial charge in [-0.3, -0.25) is 4.79 Å². The Morgan fingerprint density at radius 1 is 1.09 bits per heavy atom. The lowest BCUT2D eigenvalue weighted by atomic mass is 10.1. The smallest absolute Gasteiger partial charge is 0.262 e. The maximum Gasteiger partial charge on any atom is 0.262 e. The Hall–Kier alpha value is -2.49. The Morgan fingerprint density at radius 2 is 1.78 bits per heavy atom. The quantitative estimate of drug-likeness (QED) is 0.873. The lowest BCUT2D eigenvalue weighted by Gasteiger charge is -2.12. The zero-order chi connectivity index (χ0) is 16.8. The van der Waals surface area contributed by atoms with Gasteiger partial charge in [-0.05, 0) is 69.2 Å². The normalized spacial score (nSPS) is 10.5. The summed E-state index contributed by atoms with van der Waals surface area (Å²) in [6.07, 6.45) is 0.126. The number of hydrogen-bond acceptors (Lipinski definition) is 3. The first-order valence-electron chi connectivity index (χ1n) is 7.70. The van der Waals surface area contributed by atoms with Crippen LogP contribution in [0.5, 0.6) is 11.5 Å². The molecule has 1 N–H and O–H groups in total. The minimum absolute atomic E-state index is 0.0193. The van der Waals surface area contributed by atoms with Crippen LogP contribution in [0.2, 0.25) is 0 Å². The van der Waals surface area contributed by atoms with Crippen molar-refractivity contribution in [1.29, 1.82) is 0 Å². The van der Waals surface area contributed by atoms with Gasteiger partial charge < -0.3 is 14.8 Å². The summed E-state index contributed by atoms with van der Waals surface area (Å²) in [4.78, 5) is 12.0. The van der Waals surface area contributed by atoms with Crippen LogP contribution < -0.4 is 14.8 Å². The molecule has 0 saturated heterocycles. The molecular formula is C19H23NO3. The van der Waals surface area contributed by atoms with Crippen molar-refractivity contribution >= 4 is 11.6 Å². The third-order valence-corrected chi connectivity index (χ3v) is 3.21. The first kappa shape index (κ1) is 16.9. The molecule has 2 rings (SSSR count). The second kappa shape index (κ2) is 7.68. The predicted octanol–water partition coefficient (Wildman–Crippen LogP) is 4.11. The molecule has 2 aromatic rings. The first-order valence-corrected chi connectivity index (χ1v) is 7.70. The zero-order valence-corrected chi connectivity index (χ0v) is 14.1. The van der Waals surface area contributed by atoms with Gasteiger partial charge in [-0.1, -0.05) is 12.1 Å². The Labute approximate surface area is 137 Å². The van der Waals surface area contributed by atoms with Crippen LogP contribution in [0, 0.1) is 13.8 Å². The van der Waals surface area contributed by atoms with Crippen molar-refractivity contribution < 1.29 is 14.3 Å². The van der Waals surface area contributed by atoms with Crippen molar-refractivity contribution in [1.82, 2.24) is 0 Å². The summed E-state index contributed by atoms with van der Waals surface area (Å²) in [5, 5.41) is 2.81. The van der Waals surface area contributed by atoms with E-state index in [2.05, 4.69) is 5.32 Å². The van der Waals surface area contributed by atoms with Crippen molar-refractivity contribution in [3.05, 3.63) is 53.6 Å². The lowest BCUT2D eigenvalue weighted by Crippen LogP contribution is -2.20. The highest BCUT2D eigenvalue weighted by Crippen LogP contribution is 2.19. The van der Waals surface area contributed by atoms with Gasteiger partial charge in [0.05, 0.1) is 6.10 Å². The highest BCUT2D eigenvalue weighted by Gasteiger charge is 2.06. The van der Waals surface area contributed by atoms with E-state index in [9.17, 15) is 4.79 Å². The fraction of sp³-hybridized carbons (Fsp3) is 0.316. The van der Waals surface area contributed by atoms with E-state index in [1.54, 1.807) is 0 Å². The van der Waals surface area contributed by atoms with Crippen molar-refractivity contribution in [2.45, 2.75) is 33.8 Å². The van der Waals surface area contributed by atoms with Gasteiger partial charge in [-0.15, -0.1) is 0 Å². The number of ether oxygens (including phenoxy) is 2. The van der Waals surface area contributed by atoms with Crippen LogP contribution in [0.1, 0.15) is 25.0 Å². The minimum atomic E-state index is -0.191. The average molecular weight is 313 g/mol. The number of hydrogen-bond donors (Lipinski definition) is 1. The van der Waals surface area contributed by atoms with Crippen LogP contribution in [0.15, 0.2) is 42.5 Å². The standard InChI is InChI=1S/C19H23NO3/c1-13(2)23-17-9-7-16(8-10-17)20-19(21)12-22-18-11-14(3)5-6-15(18)4/h5-11,13H,12H2,1-4H3,(H,20,21). The van der Waals surface area contributed by atoms with E-state index in [0.717, 1.165) is 28.3 Å². The van der Waals surface area contributed by atoms with Gasteiger partial charge in [0.15, 0.2) is 6.61 Å². The van der Waals surface area contributed by atoms with Crippen LogP contribution in [0.25, 0.3) is 0 Å². The molecular weight excluding hydrogens is 290 g/mol. The summed E-state index contributed by atoms with van der Waals surface area (Å²) < 4.78 is 11.2. The summed E-state index contributed by atoms with van der Waals surface area (Å²) in [5.74, 6) is 1.33. The molecule has 4 heteroatoms. The third-order valence-electron chi connectivity index (χ3n) is 3.21. The van der Waals surface area contributed by atoms with Gasteiger partial charge in [-0.2, -0.15) is 0 Å². The molecule has 1 amide bonds. The summed E-state index contributed by atoms with van der Waals surface area (Å²) >= 11 is 0. The number of anilines is 1.